The van der Waals surface area contributed by atoms with Gasteiger partial charge in [0.1, 0.15) is 17.5 Å². The van der Waals surface area contributed by atoms with Gasteiger partial charge in [0, 0.05) is 50.0 Å². The minimum absolute atomic E-state index is 0.312. The van der Waals surface area contributed by atoms with E-state index in [0.717, 1.165) is 37.4 Å². The lowest BCUT2D eigenvalue weighted by atomic mass is 9.95. The zero-order valence-electron chi connectivity index (χ0n) is 13.7. The van der Waals surface area contributed by atoms with Crippen molar-refractivity contribution in [2.75, 3.05) is 23.3 Å². The third-order valence-electron chi connectivity index (χ3n) is 4.19. The van der Waals surface area contributed by atoms with E-state index in [9.17, 15) is 0 Å². The van der Waals surface area contributed by atoms with Crippen LogP contribution in [-0.2, 0) is 0 Å². The van der Waals surface area contributed by atoms with Crippen LogP contribution in [0.3, 0.4) is 0 Å². The number of hydrogen-bond donors (Lipinski definition) is 1. The van der Waals surface area contributed by atoms with Crippen LogP contribution >= 0.6 is 0 Å². The predicted octanol–water partition coefficient (Wildman–Crippen LogP) is 2.18. The third kappa shape index (κ3) is 3.68. The molecule has 0 radical (unpaired) electrons. The zero-order chi connectivity index (χ0) is 16.9. The molecule has 1 aliphatic heterocycles. The third-order valence-corrected chi connectivity index (χ3v) is 4.19. The first kappa shape index (κ1) is 15.4. The molecule has 0 spiro atoms. The molecule has 0 bridgehead atoms. The number of aromatic nitrogens is 6. The summed E-state index contributed by atoms with van der Waals surface area (Å²) in [6.07, 6.45) is 15.9. The molecule has 1 N–H and O–H groups in total. The Morgan fingerprint density at radius 3 is 2.52 bits per heavy atom. The fourth-order valence-corrected chi connectivity index (χ4v) is 3.01. The summed E-state index contributed by atoms with van der Waals surface area (Å²) in [4.78, 5) is 28.1. The number of nitrogens with one attached hydrogen (secondary N) is 1. The lowest BCUT2D eigenvalue weighted by Crippen LogP contribution is -2.35. The Kier molecular flexibility index (Phi) is 4.40. The van der Waals surface area contributed by atoms with Gasteiger partial charge in [-0.1, -0.05) is 0 Å². The summed E-state index contributed by atoms with van der Waals surface area (Å²) in [5.74, 6) is 2.55. The summed E-state index contributed by atoms with van der Waals surface area (Å²) in [5, 5.41) is 3.14. The molecule has 0 aliphatic carbocycles. The van der Waals surface area contributed by atoms with E-state index in [1.807, 2.05) is 6.20 Å². The van der Waals surface area contributed by atoms with Crippen molar-refractivity contribution in [3.8, 4) is 0 Å². The maximum Gasteiger partial charge on any atom is 0.150 e. The molecule has 1 fully saturated rings. The van der Waals surface area contributed by atoms with Gasteiger partial charge in [0.2, 0.25) is 0 Å². The van der Waals surface area contributed by atoms with E-state index in [4.69, 9.17) is 4.98 Å². The average Bonchev–Trinajstić information content (AvgIpc) is 2.70. The Labute approximate surface area is 145 Å². The van der Waals surface area contributed by atoms with Gasteiger partial charge in [0.15, 0.2) is 0 Å². The summed E-state index contributed by atoms with van der Waals surface area (Å²) in [5.41, 5.74) is 0.975. The highest BCUT2D eigenvalue weighted by molar-refractivity contribution is 5.49. The molecule has 4 heterocycles. The van der Waals surface area contributed by atoms with E-state index < -0.39 is 0 Å². The molecule has 3 aromatic rings. The van der Waals surface area contributed by atoms with Gasteiger partial charge in [-0.2, -0.15) is 0 Å². The van der Waals surface area contributed by atoms with E-state index in [1.165, 1.54) is 0 Å². The Morgan fingerprint density at radius 2 is 1.72 bits per heavy atom. The number of nitrogens with zero attached hydrogens (tertiary/aromatic N) is 7. The second-order valence-corrected chi connectivity index (χ2v) is 5.89. The molecule has 0 saturated carbocycles. The maximum atomic E-state index is 4.72. The molecule has 8 nitrogen and oxygen atoms in total. The highest BCUT2D eigenvalue weighted by atomic mass is 15.2. The SMILES string of the molecule is c1cnc(Nc2cncc([C@H]3CCCN(c4cnccn4)C3)n2)cn1. The highest BCUT2D eigenvalue weighted by Gasteiger charge is 2.23. The van der Waals surface area contributed by atoms with Crippen LogP contribution in [0.25, 0.3) is 0 Å². The molecule has 1 aliphatic rings. The standard InChI is InChI=1S/C17H18N8/c1-2-13(12-25(7-1)17-11-19-4-6-22-17)14-8-20-10-16(23-14)24-15-9-18-3-5-21-15/h3-6,8-11,13H,1-2,7,12H2,(H,21,23,24)/t13-/m0/s1. The zero-order valence-corrected chi connectivity index (χ0v) is 13.7. The minimum atomic E-state index is 0.312. The largest absolute Gasteiger partial charge is 0.355 e. The van der Waals surface area contributed by atoms with E-state index in [-0.39, 0.29) is 0 Å². The van der Waals surface area contributed by atoms with Crippen LogP contribution in [0.15, 0.2) is 49.6 Å². The lowest BCUT2D eigenvalue weighted by molar-refractivity contribution is 0.497. The molecule has 4 rings (SSSR count). The van der Waals surface area contributed by atoms with Gasteiger partial charge in [-0.25, -0.2) is 15.0 Å². The average molecular weight is 334 g/mol. The Hall–Kier alpha value is -3.16. The van der Waals surface area contributed by atoms with Crippen molar-refractivity contribution in [1.29, 1.82) is 0 Å². The highest BCUT2D eigenvalue weighted by Crippen LogP contribution is 2.28. The van der Waals surface area contributed by atoms with Gasteiger partial charge in [0.25, 0.3) is 0 Å². The molecule has 1 atom stereocenters. The van der Waals surface area contributed by atoms with E-state index in [2.05, 4.69) is 35.1 Å². The number of piperidine rings is 1. The molecule has 3 aromatic heterocycles. The first-order chi connectivity index (χ1) is 12.4. The molecule has 0 aromatic carbocycles. The van der Waals surface area contributed by atoms with Gasteiger partial charge in [-0.05, 0) is 12.8 Å². The van der Waals surface area contributed by atoms with Crippen LogP contribution in [0, 0.1) is 0 Å². The summed E-state index contributed by atoms with van der Waals surface area (Å²) < 4.78 is 0. The number of anilines is 3. The van der Waals surface area contributed by atoms with E-state index >= 15 is 0 Å². The lowest BCUT2D eigenvalue weighted by Gasteiger charge is -2.33. The number of rotatable bonds is 4. The molecule has 0 amide bonds. The van der Waals surface area contributed by atoms with Gasteiger partial charge in [-0.15, -0.1) is 0 Å². The molecule has 0 unspecified atom stereocenters. The fraction of sp³-hybridized carbons (Fsp3) is 0.294. The summed E-state index contributed by atoms with van der Waals surface area (Å²) in [6, 6.07) is 0. The Bertz CT molecular complexity index is 811. The quantitative estimate of drug-likeness (QED) is 0.776. The molecular formula is C17H18N8. The van der Waals surface area contributed by atoms with Gasteiger partial charge in [-0.3, -0.25) is 15.0 Å². The van der Waals surface area contributed by atoms with Gasteiger partial charge in [0.05, 0.1) is 24.3 Å². The monoisotopic (exact) mass is 334 g/mol. The second-order valence-electron chi connectivity index (χ2n) is 5.89. The van der Waals surface area contributed by atoms with Crippen molar-refractivity contribution >= 4 is 17.5 Å². The van der Waals surface area contributed by atoms with Crippen molar-refractivity contribution in [2.45, 2.75) is 18.8 Å². The molecule has 25 heavy (non-hydrogen) atoms. The maximum absolute atomic E-state index is 4.72. The summed E-state index contributed by atoms with van der Waals surface area (Å²) >= 11 is 0. The fourth-order valence-electron chi connectivity index (χ4n) is 3.01. The summed E-state index contributed by atoms with van der Waals surface area (Å²) in [7, 11) is 0. The van der Waals surface area contributed by atoms with Crippen molar-refractivity contribution in [3.05, 3.63) is 55.3 Å². The minimum Gasteiger partial charge on any atom is -0.355 e. The van der Waals surface area contributed by atoms with Crippen LogP contribution < -0.4 is 10.2 Å². The predicted molar refractivity (Wildman–Crippen MR) is 93.6 cm³/mol. The van der Waals surface area contributed by atoms with Crippen molar-refractivity contribution < 1.29 is 0 Å². The molecule has 1 saturated heterocycles. The van der Waals surface area contributed by atoms with E-state index in [0.29, 0.717) is 17.6 Å². The number of hydrogen-bond acceptors (Lipinski definition) is 8. The Balaban J connectivity index is 1.50. The van der Waals surface area contributed by atoms with Gasteiger partial charge >= 0.3 is 0 Å². The normalized spacial score (nSPS) is 17.3. The van der Waals surface area contributed by atoms with Crippen LogP contribution in [0.5, 0.6) is 0 Å². The van der Waals surface area contributed by atoms with Crippen LogP contribution in [0.2, 0.25) is 0 Å². The Morgan fingerprint density at radius 1 is 0.880 bits per heavy atom. The molecule has 8 heteroatoms. The first-order valence-electron chi connectivity index (χ1n) is 8.24. The first-order valence-corrected chi connectivity index (χ1v) is 8.24. The van der Waals surface area contributed by atoms with Crippen LogP contribution in [0.1, 0.15) is 24.5 Å². The smallest absolute Gasteiger partial charge is 0.150 e. The molecular weight excluding hydrogens is 316 g/mol. The molecule has 126 valence electrons. The second kappa shape index (κ2) is 7.16. The van der Waals surface area contributed by atoms with Crippen molar-refractivity contribution in [2.24, 2.45) is 0 Å². The topological polar surface area (TPSA) is 92.6 Å². The van der Waals surface area contributed by atoms with Crippen molar-refractivity contribution in [3.63, 3.8) is 0 Å². The van der Waals surface area contributed by atoms with Crippen LogP contribution in [0.4, 0.5) is 17.5 Å². The summed E-state index contributed by atoms with van der Waals surface area (Å²) in [6.45, 7) is 1.85. The van der Waals surface area contributed by atoms with Crippen molar-refractivity contribution in [1.82, 2.24) is 29.9 Å². The van der Waals surface area contributed by atoms with E-state index in [1.54, 1.807) is 43.4 Å². The van der Waals surface area contributed by atoms with Crippen LogP contribution in [-0.4, -0.2) is 43.0 Å². The van der Waals surface area contributed by atoms with Gasteiger partial charge < -0.3 is 10.2 Å².